The van der Waals surface area contributed by atoms with Gasteiger partial charge in [0.2, 0.25) is 5.91 Å². The number of nitrogens with zero attached hydrogens (tertiary/aromatic N) is 1. The van der Waals surface area contributed by atoms with Gasteiger partial charge in [0, 0.05) is 15.8 Å². The van der Waals surface area contributed by atoms with Crippen LogP contribution in [0.25, 0.3) is 11.3 Å². The molecule has 0 atom stereocenters. The van der Waals surface area contributed by atoms with Crippen LogP contribution in [0.1, 0.15) is 11.1 Å². The van der Waals surface area contributed by atoms with E-state index in [1.165, 1.54) is 28.7 Å². The number of methoxy groups -OCH3 is 1. The Bertz CT molecular complexity index is 904. The number of anilines is 1. The van der Waals surface area contributed by atoms with Gasteiger partial charge in [0.1, 0.15) is 5.75 Å². The number of amides is 1. The number of carbonyl (C=O) groups is 1. The Kier molecular flexibility index (Phi) is 5.96. The van der Waals surface area contributed by atoms with E-state index in [4.69, 9.17) is 4.74 Å². The fourth-order valence-corrected chi connectivity index (χ4v) is 3.87. The van der Waals surface area contributed by atoms with Crippen LogP contribution >= 0.6 is 23.1 Å². The number of aryl methyl sites for hydroxylation is 2. The normalized spacial score (nSPS) is 10.6. The lowest BCUT2D eigenvalue weighted by molar-refractivity contribution is -0.113. The molecular weight excluding hydrogens is 364 g/mol. The van der Waals surface area contributed by atoms with Gasteiger partial charge in [0.05, 0.1) is 18.6 Å². The van der Waals surface area contributed by atoms with Gasteiger partial charge < -0.3 is 10.1 Å². The molecule has 0 aliphatic carbocycles. The number of thiazole rings is 1. The second-order valence-electron chi connectivity index (χ2n) is 5.87. The van der Waals surface area contributed by atoms with Crippen LogP contribution in [-0.2, 0) is 4.79 Å². The van der Waals surface area contributed by atoms with Crippen LogP contribution in [-0.4, -0.2) is 23.8 Å². The molecule has 1 heterocycles. The summed E-state index contributed by atoms with van der Waals surface area (Å²) in [4.78, 5) is 17.8. The van der Waals surface area contributed by atoms with E-state index in [0.29, 0.717) is 10.9 Å². The molecule has 3 rings (SSSR count). The van der Waals surface area contributed by atoms with Gasteiger partial charge in [-0.25, -0.2) is 4.98 Å². The second-order valence-corrected chi connectivity index (χ2v) is 7.78. The van der Waals surface area contributed by atoms with Crippen molar-refractivity contribution >= 4 is 34.1 Å². The van der Waals surface area contributed by atoms with Crippen molar-refractivity contribution in [1.29, 1.82) is 0 Å². The third kappa shape index (κ3) is 4.65. The minimum Gasteiger partial charge on any atom is -0.496 e. The maximum absolute atomic E-state index is 12.2. The van der Waals surface area contributed by atoms with E-state index in [-0.39, 0.29) is 5.91 Å². The van der Waals surface area contributed by atoms with Crippen LogP contribution in [0.2, 0.25) is 0 Å². The van der Waals surface area contributed by atoms with Crippen LogP contribution in [0.3, 0.4) is 0 Å². The minimum absolute atomic E-state index is 0.0533. The summed E-state index contributed by atoms with van der Waals surface area (Å²) in [6, 6.07) is 14.1. The van der Waals surface area contributed by atoms with Crippen LogP contribution in [0.5, 0.6) is 5.75 Å². The average molecular weight is 385 g/mol. The molecule has 3 aromatic rings. The van der Waals surface area contributed by atoms with Crippen molar-refractivity contribution in [2.45, 2.75) is 18.7 Å². The number of nitrogens with one attached hydrogen (secondary N) is 1. The van der Waals surface area contributed by atoms with Gasteiger partial charge in [0.15, 0.2) is 5.13 Å². The summed E-state index contributed by atoms with van der Waals surface area (Å²) in [5.74, 6) is 1.16. The van der Waals surface area contributed by atoms with Gasteiger partial charge in [-0.15, -0.1) is 23.1 Å². The Hall–Kier alpha value is -2.31. The molecule has 0 bridgehead atoms. The van der Waals surface area contributed by atoms with Crippen molar-refractivity contribution in [1.82, 2.24) is 4.98 Å². The molecule has 2 aromatic carbocycles. The fourth-order valence-electron chi connectivity index (χ4n) is 2.44. The van der Waals surface area contributed by atoms with E-state index < -0.39 is 0 Å². The largest absolute Gasteiger partial charge is 0.496 e. The monoisotopic (exact) mass is 384 g/mol. The first-order valence-corrected chi connectivity index (χ1v) is 10.0. The summed E-state index contributed by atoms with van der Waals surface area (Å²) in [6.07, 6.45) is 0. The Balaban J connectivity index is 1.60. The molecule has 0 aliphatic rings. The predicted octanol–water partition coefficient (Wildman–Crippen LogP) is 5.17. The number of hydrogen-bond acceptors (Lipinski definition) is 5. The molecule has 4 nitrogen and oxygen atoms in total. The molecule has 0 aliphatic heterocycles. The van der Waals surface area contributed by atoms with E-state index in [9.17, 15) is 4.79 Å². The van der Waals surface area contributed by atoms with Gasteiger partial charge >= 0.3 is 0 Å². The van der Waals surface area contributed by atoms with Gasteiger partial charge in [0.25, 0.3) is 0 Å². The van der Waals surface area contributed by atoms with E-state index in [1.54, 1.807) is 7.11 Å². The van der Waals surface area contributed by atoms with Gasteiger partial charge in [-0.1, -0.05) is 17.7 Å². The smallest absolute Gasteiger partial charge is 0.236 e. The highest BCUT2D eigenvalue weighted by Gasteiger charge is 2.10. The molecule has 0 radical (unpaired) electrons. The third-order valence-corrected chi connectivity index (χ3v) is 5.60. The number of aromatic nitrogens is 1. The first-order chi connectivity index (χ1) is 12.5. The maximum atomic E-state index is 12.2. The number of benzene rings is 2. The topological polar surface area (TPSA) is 51.2 Å². The zero-order chi connectivity index (χ0) is 18.5. The molecule has 0 spiro atoms. The fraction of sp³-hybridized carbons (Fsp3) is 0.200. The van der Waals surface area contributed by atoms with Crippen molar-refractivity contribution in [3.8, 4) is 17.0 Å². The molecule has 0 fully saturated rings. The van der Waals surface area contributed by atoms with Crippen LogP contribution < -0.4 is 10.1 Å². The Morgan fingerprint density at radius 1 is 1.19 bits per heavy atom. The number of hydrogen-bond donors (Lipinski definition) is 1. The van der Waals surface area contributed by atoms with Crippen molar-refractivity contribution in [3.63, 3.8) is 0 Å². The molecule has 134 valence electrons. The second kappa shape index (κ2) is 8.38. The zero-order valence-corrected chi connectivity index (χ0v) is 16.5. The molecular formula is C20H20N2O2S2. The SMILES string of the molecule is COc1ccc(-c2csc(NC(=O)CSc3ccc(C)cc3)n2)cc1C. The summed E-state index contributed by atoms with van der Waals surface area (Å²) < 4.78 is 5.29. The number of ether oxygens (including phenoxy) is 1. The molecule has 26 heavy (non-hydrogen) atoms. The van der Waals surface area contributed by atoms with E-state index >= 15 is 0 Å². The van der Waals surface area contributed by atoms with Crippen LogP contribution in [0.15, 0.2) is 52.7 Å². The Morgan fingerprint density at radius 3 is 2.65 bits per heavy atom. The summed E-state index contributed by atoms with van der Waals surface area (Å²) in [5, 5.41) is 5.44. The molecule has 1 N–H and O–H groups in total. The molecule has 0 saturated heterocycles. The van der Waals surface area contributed by atoms with E-state index in [0.717, 1.165) is 27.5 Å². The lowest BCUT2D eigenvalue weighted by atomic mass is 10.1. The van der Waals surface area contributed by atoms with Crippen LogP contribution in [0, 0.1) is 13.8 Å². The highest BCUT2D eigenvalue weighted by atomic mass is 32.2. The molecule has 0 unspecified atom stereocenters. The Labute approximate surface area is 161 Å². The summed E-state index contributed by atoms with van der Waals surface area (Å²) >= 11 is 2.95. The summed E-state index contributed by atoms with van der Waals surface area (Å²) in [6.45, 7) is 4.05. The quantitative estimate of drug-likeness (QED) is 0.596. The number of rotatable bonds is 6. The minimum atomic E-state index is -0.0533. The summed E-state index contributed by atoms with van der Waals surface area (Å²) in [7, 11) is 1.66. The van der Waals surface area contributed by atoms with Gasteiger partial charge in [-0.05, 0) is 49.7 Å². The molecule has 6 heteroatoms. The molecule has 0 saturated carbocycles. The predicted molar refractivity (Wildman–Crippen MR) is 109 cm³/mol. The maximum Gasteiger partial charge on any atom is 0.236 e. The van der Waals surface area contributed by atoms with E-state index in [1.807, 2.05) is 61.7 Å². The zero-order valence-electron chi connectivity index (χ0n) is 14.9. The van der Waals surface area contributed by atoms with Crippen molar-refractivity contribution in [2.75, 3.05) is 18.2 Å². The standard InChI is InChI=1S/C20H20N2O2S2/c1-13-4-7-16(8-5-13)25-12-19(23)22-20-21-17(11-26-20)15-6-9-18(24-3)14(2)10-15/h4-11H,12H2,1-3H3,(H,21,22,23). The lowest BCUT2D eigenvalue weighted by Gasteiger charge is -2.05. The Morgan fingerprint density at radius 2 is 1.96 bits per heavy atom. The molecule has 1 aromatic heterocycles. The highest BCUT2D eigenvalue weighted by molar-refractivity contribution is 8.00. The van der Waals surface area contributed by atoms with Crippen molar-refractivity contribution in [3.05, 3.63) is 59.0 Å². The van der Waals surface area contributed by atoms with Crippen molar-refractivity contribution in [2.24, 2.45) is 0 Å². The lowest BCUT2D eigenvalue weighted by Crippen LogP contribution is -2.13. The summed E-state index contributed by atoms with van der Waals surface area (Å²) in [5.41, 5.74) is 4.12. The highest BCUT2D eigenvalue weighted by Crippen LogP contribution is 2.29. The third-order valence-electron chi connectivity index (χ3n) is 3.83. The number of carbonyl (C=O) groups excluding carboxylic acids is 1. The number of thioether (sulfide) groups is 1. The first-order valence-electron chi connectivity index (χ1n) is 8.15. The van der Waals surface area contributed by atoms with Crippen LogP contribution in [0.4, 0.5) is 5.13 Å². The van der Waals surface area contributed by atoms with E-state index in [2.05, 4.69) is 10.3 Å². The first kappa shape index (κ1) is 18.5. The molecule has 1 amide bonds. The average Bonchev–Trinajstić information content (AvgIpc) is 3.09. The van der Waals surface area contributed by atoms with Gasteiger partial charge in [-0.3, -0.25) is 4.79 Å². The van der Waals surface area contributed by atoms with Gasteiger partial charge in [-0.2, -0.15) is 0 Å². The van der Waals surface area contributed by atoms with Crippen molar-refractivity contribution < 1.29 is 9.53 Å².